The minimum atomic E-state index is -5.03. The van der Waals surface area contributed by atoms with E-state index in [0.29, 0.717) is 67.7 Å². The molecule has 3 N–H and O–H groups in total. The van der Waals surface area contributed by atoms with Crippen molar-refractivity contribution in [2.45, 2.75) is 97.8 Å². The van der Waals surface area contributed by atoms with E-state index in [0.717, 1.165) is 31.9 Å². The first-order valence-electron chi connectivity index (χ1n) is 21.8. The second-order valence-electron chi connectivity index (χ2n) is 18.3. The van der Waals surface area contributed by atoms with Crippen molar-refractivity contribution in [1.29, 1.82) is 0 Å². The number of piperazine rings is 1. The zero-order chi connectivity index (χ0) is 45.5. The highest BCUT2D eigenvalue weighted by atomic mass is 35.5. The van der Waals surface area contributed by atoms with Crippen molar-refractivity contribution in [3.63, 3.8) is 0 Å². The van der Waals surface area contributed by atoms with Gasteiger partial charge in [0.1, 0.15) is 17.6 Å². The molecular weight excluding hydrogens is 841 g/mol. The molecule has 1 aliphatic carbocycles. The Morgan fingerprint density at radius 2 is 1.63 bits per heavy atom. The van der Waals surface area contributed by atoms with Crippen LogP contribution in [0.4, 0.5) is 28.4 Å². The molecule has 0 bridgehead atoms. The Hall–Kier alpha value is -5.03. The molecule has 342 valence electrons. The Labute approximate surface area is 371 Å². The number of aromatic amines is 1. The molecule has 4 fully saturated rings. The van der Waals surface area contributed by atoms with E-state index in [1.54, 1.807) is 40.3 Å². The molecule has 63 heavy (non-hydrogen) atoms. The van der Waals surface area contributed by atoms with Crippen LogP contribution in [0.15, 0.2) is 42.6 Å². The molecule has 6 atom stereocenters. The summed E-state index contributed by atoms with van der Waals surface area (Å²) in [6.07, 6.45) is -1.05. The number of aromatic nitrogens is 2. The van der Waals surface area contributed by atoms with Gasteiger partial charge in [-0.3, -0.25) is 14.5 Å². The van der Waals surface area contributed by atoms with Crippen molar-refractivity contribution < 1.29 is 41.8 Å². The second kappa shape index (κ2) is 18.2. The minimum Gasteiger partial charge on any atom is -0.453 e. The van der Waals surface area contributed by atoms with Gasteiger partial charge in [0.25, 0.3) is 0 Å². The highest BCUT2D eigenvalue weighted by Crippen LogP contribution is 2.53. The molecule has 3 aromatic rings. The van der Waals surface area contributed by atoms with Crippen molar-refractivity contribution in [3.8, 4) is 28.1 Å². The number of hydrogen-bond donors (Lipinski definition) is 3. The van der Waals surface area contributed by atoms with Crippen LogP contribution in [0.1, 0.15) is 79.1 Å². The van der Waals surface area contributed by atoms with Crippen LogP contribution in [0.25, 0.3) is 22.4 Å². The number of methoxy groups -OCH3 is 1. The van der Waals surface area contributed by atoms with Gasteiger partial charge in [0, 0.05) is 68.4 Å². The molecular formula is C45H58ClF3N8O6. The molecule has 2 unspecified atom stereocenters. The van der Waals surface area contributed by atoms with Crippen molar-refractivity contribution in [1.82, 2.24) is 34.9 Å². The summed E-state index contributed by atoms with van der Waals surface area (Å²) in [5.74, 6) is 0.438. The number of ether oxygens (including phenoxy) is 2. The maximum absolute atomic E-state index is 13.8. The van der Waals surface area contributed by atoms with Gasteiger partial charge in [0.15, 0.2) is 0 Å². The molecule has 4 aliphatic rings. The average molecular weight is 899 g/mol. The predicted molar refractivity (Wildman–Crippen MR) is 232 cm³/mol. The quantitative estimate of drug-likeness (QED) is 0.185. The number of carbonyl (C=O) groups is 4. The molecule has 1 aromatic heterocycles. The Morgan fingerprint density at radius 3 is 2.24 bits per heavy atom. The summed E-state index contributed by atoms with van der Waals surface area (Å²) in [6.45, 7) is 15.6. The highest BCUT2D eigenvalue weighted by molar-refractivity contribution is 6.34. The Bertz CT molecular complexity index is 2180. The standard InChI is InChI=1S/C45H58ClF3N8O6/c1-25(2)38(53-43(61)62-7)40(58)57-23-26(3)18-36(57)39-50-22-35(51-39)30-10-8-29(9-11-30)32-19-33(46)34(20-37(32)63-45(47,48)49)52-42(60)54-14-12-31(13-15-54)56-17-16-55(24-28(56)5)41(59)44(6)21-27(44)4/h8-11,19-20,22,25-28,31,36,38H,12-18,21,23-24H2,1-7H3,(H,50,51)(H,52,60)(H,53,61)/t26-,27?,28-,36-,38?,44-/m0/s1. The Morgan fingerprint density at radius 1 is 0.968 bits per heavy atom. The van der Waals surface area contributed by atoms with Gasteiger partial charge in [-0.05, 0) is 67.6 Å². The SMILES string of the molecule is COC(=O)NC(C(=O)N1C[C@@H](C)C[C@H]1c1ncc(-c2ccc(-c3cc(Cl)c(NC(=O)N4CCC(N5CCN(C(=O)[C@@]6(C)CC6C)C[C@@H]5C)CC4)cc3OC(F)(F)F)cc2)[nH]1)C(C)C. The van der Waals surface area contributed by atoms with Gasteiger partial charge in [-0.15, -0.1) is 13.2 Å². The molecule has 18 heteroatoms. The maximum Gasteiger partial charge on any atom is 0.573 e. The number of nitrogens with zero attached hydrogens (tertiary/aromatic N) is 5. The lowest BCUT2D eigenvalue weighted by Gasteiger charge is -2.47. The van der Waals surface area contributed by atoms with Gasteiger partial charge in [0.2, 0.25) is 11.8 Å². The number of nitrogens with one attached hydrogen (secondary N) is 3. The topological polar surface area (TPSA) is 152 Å². The largest absolute Gasteiger partial charge is 0.573 e. The number of anilines is 1. The molecule has 0 radical (unpaired) electrons. The number of likely N-dealkylation sites (tertiary alicyclic amines) is 2. The van der Waals surface area contributed by atoms with E-state index in [1.165, 1.54) is 13.2 Å². The van der Waals surface area contributed by atoms with Crippen LogP contribution in [0.2, 0.25) is 5.02 Å². The van der Waals surface area contributed by atoms with Crippen LogP contribution >= 0.6 is 11.6 Å². The van der Waals surface area contributed by atoms with Gasteiger partial charge >= 0.3 is 18.5 Å². The summed E-state index contributed by atoms with van der Waals surface area (Å²) in [7, 11) is 1.24. The summed E-state index contributed by atoms with van der Waals surface area (Å²) < 4.78 is 50.7. The second-order valence-corrected chi connectivity index (χ2v) is 18.8. The van der Waals surface area contributed by atoms with Crippen LogP contribution in [0.5, 0.6) is 5.75 Å². The van der Waals surface area contributed by atoms with Crippen LogP contribution in [0, 0.1) is 23.2 Å². The lowest BCUT2D eigenvalue weighted by molar-refractivity contribution is -0.274. The number of alkyl halides is 3. The summed E-state index contributed by atoms with van der Waals surface area (Å²) in [6, 6.07) is 7.95. The zero-order valence-corrected chi connectivity index (χ0v) is 37.6. The highest BCUT2D eigenvalue weighted by Gasteiger charge is 2.55. The number of urea groups is 1. The number of carbonyl (C=O) groups excluding carboxylic acids is 4. The average Bonchev–Trinajstić information content (AvgIpc) is 3.53. The minimum absolute atomic E-state index is 0.0176. The first-order valence-corrected chi connectivity index (χ1v) is 22.1. The molecule has 3 aliphatic heterocycles. The van der Waals surface area contributed by atoms with Gasteiger partial charge in [-0.2, -0.15) is 0 Å². The summed E-state index contributed by atoms with van der Waals surface area (Å²) >= 11 is 6.65. The van der Waals surface area contributed by atoms with Crippen LogP contribution in [-0.4, -0.2) is 124 Å². The van der Waals surface area contributed by atoms with Crippen molar-refractivity contribution in [3.05, 3.63) is 53.4 Å². The number of alkyl carbamates (subject to hydrolysis) is 1. The van der Waals surface area contributed by atoms with Gasteiger partial charge in [-0.25, -0.2) is 14.6 Å². The molecule has 0 spiro atoms. The number of H-pyrrole nitrogens is 1. The summed E-state index contributed by atoms with van der Waals surface area (Å²) in [4.78, 5) is 68.1. The third kappa shape index (κ3) is 10.0. The van der Waals surface area contributed by atoms with E-state index in [2.05, 4.69) is 51.0 Å². The van der Waals surface area contributed by atoms with Gasteiger partial charge in [0.05, 0.1) is 35.8 Å². The third-order valence-electron chi connectivity index (χ3n) is 13.5. The predicted octanol–water partition coefficient (Wildman–Crippen LogP) is 8.16. The number of imidazole rings is 1. The molecule has 5 amide bonds. The van der Waals surface area contributed by atoms with Gasteiger partial charge < -0.3 is 39.8 Å². The third-order valence-corrected chi connectivity index (χ3v) is 13.8. The van der Waals surface area contributed by atoms with E-state index in [4.69, 9.17) is 16.3 Å². The number of amides is 5. The summed E-state index contributed by atoms with van der Waals surface area (Å²) in [5.41, 5.74) is 1.52. The number of benzene rings is 2. The first kappa shape index (κ1) is 46.0. The number of rotatable bonds is 10. The van der Waals surface area contributed by atoms with Crippen molar-refractivity contribution >= 4 is 41.2 Å². The van der Waals surface area contributed by atoms with Crippen LogP contribution in [0.3, 0.4) is 0 Å². The van der Waals surface area contributed by atoms with Crippen molar-refractivity contribution in [2.75, 3.05) is 51.7 Å². The fourth-order valence-corrected chi connectivity index (χ4v) is 9.73. The van der Waals surface area contributed by atoms with E-state index in [1.807, 2.05) is 25.7 Å². The van der Waals surface area contributed by atoms with E-state index in [9.17, 15) is 32.3 Å². The Kier molecular flexibility index (Phi) is 13.3. The van der Waals surface area contributed by atoms with Crippen LogP contribution < -0.4 is 15.4 Å². The van der Waals surface area contributed by atoms with E-state index in [-0.39, 0.29) is 63.5 Å². The number of halogens is 4. The maximum atomic E-state index is 13.8. The monoisotopic (exact) mass is 898 g/mol. The summed E-state index contributed by atoms with van der Waals surface area (Å²) in [5, 5.41) is 5.40. The molecule has 1 saturated carbocycles. The molecule has 7 rings (SSSR count). The number of hydrogen-bond acceptors (Lipinski definition) is 8. The lowest BCUT2D eigenvalue weighted by atomic mass is 9.98. The normalized spacial score (nSPS) is 24.9. The Balaban J connectivity index is 1.00. The number of piperidine rings is 1. The van der Waals surface area contributed by atoms with Crippen molar-refractivity contribution in [2.24, 2.45) is 23.2 Å². The molecule has 3 saturated heterocycles. The fourth-order valence-electron chi connectivity index (χ4n) is 9.52. The van der Waals surface area contributed by atoms with Gasteiger partial charge in [-0.1, -0.05) is 70.5 Å². The lowest BCUT2D eigenvalue weighted by Crippen LogP contribution is -2.59. The molecule has 14 nitrogen and oxygen atoms in total. The van der Waals surface area contributed by atoms with E-state index >= 15 is 0 Å². The zero-order valence-electron chi connectivity index (χ0n) is 36.9. The molecule has 2 aromatic carbocycles. The smallest absolute Gasteiger partial charge is 0.453 e. The first-order chi connectivity index (χ1) is 29.8. The molecule has 4 heterocycles. The van der Waals surface area contributed by atoms with E-state index < -0.39 is 30.3 Å². The van der Waals surface area contributed by atoms with Crippen LogP contribution in [-0.2, 0) is 14.3 Å². The fraction of sp³-hybridized carbons (Fsp3) is 0.578.